The predicted octanol–water partition coefficient (Wildman–Crippen LogP) is 3.13. The van der Waals surface area contributed by atoms with Gasteiger partial charge in [0.1, 0.15) is 5.75 Å². The number of nitrogens with zero attached hydrogens (tertiary/aromatic N) is 2. The van der Waals surface area contributed by atoms with Crippen LogP contribution in [0.25, 0.3) is 0 Å². The number of aliphatic imine (C=N–C) groups is 1. The normalized spacial score (nSPS) is 13.9. The summed E-state index contributed by atoms with van der Waals surface area (Å²) in [6.45, 7) is 4.70. The Balaban J connectivity index is 1.46. The van der Waals surface area contributed by atoms with Gasteiger partial charge in [0.05, 0.1) is 13.2 Å². The number of hydrogen-bond acceptors (Lipinski definition) is 4. The summed E-state index contributed by atoms with van der Waals surface area (Å²) in [6.07, 6.45) is 4.40. The summed E-state index contributed by atoms with van der Waals surface area (Å²) in [4.78, 5) is 8.64. The minimum Gasteiger partial charge on any atom is -0.494 e. The first-order valence-corrected chi connectivity index (χ1v) is 9.51. The number of para-hydroxylation sites is 1. The van der Waals surface area contributed by atoms with E-state index in [1.807, 2.05) is 43.5 Å². The van der Waals surface area contributed by atoms with E-state index >= 15 is 0 Å². The highest BCUT2D eigenvalue weighted by Gasteiger charge is 2.22. The minimum atomic E-state index is 0.641. The Bertz CT molecular complexity index is 742. The van der Waals surface area contributed by atoms with E-state index in [4.69, 9.17) is 9.47 Å². The second-order valence-electron chi connectivity index (χ2n) is 6.58. The summed E-state index contributed by atoms with van der Waals surface area (Å²) < 4.78 is 11.3. The van der Waals surface area contributed by atoms with E-state index in [-0.39, 0.29) is 0 Å². The highest BCUT2D eigenvalue weighted by atomic mass is 16.5. The smallest absolute Gasteiger partial charge is 0.213 e. The highest BCUT2D eigenvalue weighted by Crippen LogP contribution is 2.29. The molecule has 1 aromatic carbocycles. The van der Waals surface area contributed by atoms with Gasteiger partial charge < -0.3 is 20.1 Å². The SMILES string of the molecule is CCOc1ccccc1CNC(=NC)NCc1ccc(OCC2CC2)nc1. The monoisotopic (exact) mass is 368 g/mol. The quantitative estimate of drug-likeness (QED) is 0.526. The van der Waals surface area contributed by atoms with E-state index in [9.17, 15) is 0 Å². The van der Waals surface area contributed by atoms with Crippen LogP contribution in [0, 0.1) is 5.92 Å². The van der Waals surface area contributed by atoms with Gasteiger partial charge in [-0.05, 0) is 37.3 Å². The summed E-state index contributed by atoms with van der Waals surface area (Å²) in [5.41, 5.74) is 2.17. The molecule has 0 atom stereocenters. The lowest BCUT2D eigenvalue weighted by Gasteiger charge is -2.14. The van der Waals surface area contributed by atoms with E-state index in [0.29, 0.717) is 25.6 Å². The van der Waals surface area contributed by atoms with Crippen LogP contribution in [0.2, 0.25) is 0 Å². The van der Waals surface area contributed by atoms with Gasteiger partial charge in [0.25, 0.3) is 0 Å². The van der Waals surface area contributed by atoms with Gasteiger partial charge in [0.2, 0.25) is 5.88 Å². The molecule has 0 radical (unpaired) electrons. The van der Waals surface area contributed by atoms with Gasteiger partial charge in [-0.25, -0.2) is 4.98 Å². The molecule has 27 heavy (non-hydrogen) atoms. The first-order valence-electron chi connectivity index (χ1n) is 9.51. The van der Waals surface area contributed by atoms with Crippen LogP contribution in [0.1, 0.15) is 30.9 Å². The van der Waals surface area contributed by atoms with Gasteiger partial charge in [0, 0.05) is 38.0 Å². The van der Waals surface area contributed by atoms with Gasteiger partial charge in [0.15, 0.2) is 5.96 Å². The van der Waals surface area contributed by atoms with Crippen LogP contribution < -0.4 is 20.1 Å². The third kappa shape index (κ3) is 6.16. The molecule has 144 valence electrons. The standard InChI is InChI=1S/C21H28N4O2/c1-3-26-19-7-5-4-6-18(19)14-25-21(22-2)24-13-17-10-11-20(23-12-17)27-15-16-8-9-16/h4-7,10-12,16H,3,8-9,13-15H2,1-2H3,(H2,22,24,25). The Hall–Kier alpha value is -2.76. The summed E-state index contributed by atoms with van der Waals surface area (Å²) in [6, 6.07) is 12.0. The molecule has 1 aliphatic rings. The Kier molecular flexibility index (Phi) is 6.90. The van der Waals surface area contributed by atoms with Crippen LogP contribution in [-0.2, 0) is 13.1 Å². The lowest BCUT2D eigenvalue weighted by Crippen LogP contribution is -2.36. The van der Waals surface area contributed by atoms with Crippen molar-refractivity contribution in [2.75, 3.05) is 20.3 Å². The molecule has 0 saturated heterocycles. The van der Waals surface area contributed by atoms with Crippen molar-refractivity contribution < 1.29 is 9.47 Å². The molecule has 6 nitrogen and oxygen atoms in total. The average molecular weight is 368 g/mol. The number of nitrogens with one attached hydrogen (secondary N) is 2. The van der Waals surface area contributed by atoms with Crippen molar-refractivity contribution in [3.05, 3.63) is 53.7 Å². The number of benzene rings is 1. The maximum absolute atomic E-state index is 5.67. The van der Waals surface area contributed by atoms with Crippen molar-refractivity contribution in [1.29, 1.82) is 0 Å². The zero-order chi connectivity index (χ0) is 18.9. The van der Waals surface area contributed by atoms with Crippen LogP contribution in [0.5, 0.6) is 11.6 Å². The van der Waals surface area contributed by atoms with Gasteiger partial charge in [-0.3, -0.25) is 4.99 Å². The van der Waals surface area contributed by atoms with Crippen molar-refractivity contribution >= 4 is 5.96 Å². The Morgan fingerprint density at radius 2 is 1.93 bits per heavy atom. The maximum atomic E-state index is 5.67. The van der Waals surface area contributed by atoms with Gasteiger partial charge in [-0.15, -0.1) is 0 Å². The average Bonchev–Trinajstić information content (AvgIpc) is 3.53. The first-order chi connectivity index (χ1) is 13.3. The first kappa shape index (κ1) is 19.0. The Labute approximate surface area is 161 Å². The second-order valence-corrected chi connectivity index (χ2v) is 6.58. The van der Waals surface area contributed by atoms with Crippen molar-refractivity contribution in [2.45, 2.75) is 32.9 Å². The summed E-state index contributed by atoms with van der Waals surface area (Å²) in [5.74, 6) is 3.06. The van der Waals surface area contributed by atoms with Crippen LogP contribution >= 0.6 is 0 Å². The molecule has 0 aliphatic heterocycles. The summed E-state index contributed by atoms with van der Waals surface area (Å²) in [5, 5.41) is 6.62. The molecule has 6 heteroatoms. The lowest BCUT2D eigenvalue weighted by molar-refractivity contribution is 0.288. The van der Waals surface area contributed by atoms with Crippen molar-refractivity contribution in [3.8, 4) is 11.6 Å². The topological polar surface area (TPSA) is 67.8 Å². The van der Waals surface area contributed by atoms with Gasteiger partial charge in [-0.1, -0.05) is 24.3 Å². The molecule has 1 fully saturated rings. The molecule has 0 amide bonds. The van der Waals surface area contributed by atoms with E-state index in [1.165, 1.54) is 12.8 Å². The summed E-state index contributed by atoms with van der Waals surface area (Å²) in [7, 11) is 1.76. The van der Waals surface area contributed by atoms with Crippen molar-refractivity contribution in [1.82, 2.24) is 15.6 Å². The third-order valence-electron chi connectivity index (χ3n) is 4.36. The molecular weight excluding hydrogens is 340 g/mol. The number of rotatable bonds is 9. The molecule has 0 unspecified atom stereocenters. The van der Waals surface area contributed by atoms with Gasteiger partial charge in [-0.2, -0.15) is 0 Å². The van der Waals surface area contributed by atoms with E-state index in [0.717, 1.165) is 35.4 Å². The zero-order valence-corrected chi connectivity index (χ0v) is 16.1. The number of aromatic nitrogens is 1. The largest absolute Gasteiger partial charge is 0.494 e. The van der Waals surface area contributed by atoms with Crippen LogP contribution in [-0.4, -0.2) is 31.2 Å². The fourth-order valence-corrected chi connectivity index (χ4v) is 2.62. The van der Waals surface area contributed by atoms with E-state index in [2.05, 4.69) is 26.7 Å². The molecule has 0 spiro atoms. The molecule has 2 aromatic rings. The van der Waals surface area contributed by atoms with Crippen LogP contribution in [0.15, 0.2) is 47.6 Å². The minimum absolute atomic E-state index is 0.641. The number of hydrogen-bond donors (Lipinski definition) is 2. The maximum Gasteiger partial charge on any atom is 0.213 e. The fourth-order valence-electron chi connectivity index (χ4n) is 2.62. The van der Waals surface area contributed by atoms with Crippen molar-refractivity contribution in [2.24, 2.45) is 10.9 Å². The zero-order valence-electron chi connectivity index (χ0n) is 16.1. The fraction of sp³-hybridized carbons (Fsp3) is 0.429. The Morgan fingerprint density at radius 3 is 2.63 bits per heavy atom. The molecule has 3 rings (SSSR count). The molecule has 1 heterocycles. The highest BCUT2D eigenvalue weighted by molar-refractivity contribution is 5.79. The van der Waals surface area contributed by atoms with Crippen molar-refractivity contribution in [3.63, 3.8) is 0 Å². The molecule has 1 saturated carbocycles. The third-order valence-corrected chi connectivity index (χ3v) is 4.36. The Morgan fingerprint density at radius 1 is 1.11 bits per heavy atom. The van der Waals surface area contributed by atoms with E-state index in [1.54, 1.807) is 7.05 Å². The predicted molar refractivity (Wildman–Crippen MR) is 107 cm³/mol. The number of ether oxygens (including phenoxy) is 2. The second kappa shape index (κ2) is 9.80. The molecule has 0 bridgehead atoms. The summed E-state index contributed by atoms with van der Waals surface area (Å²) >= 11 is 0. The molecule has 2 N–H and O–H groups in total. The lowest BCUT2D eigenvalue weighted by atomic mass is 10.2. The van der Waals surface area contributed by atoms with Crippen LogP contribution in [0.4, 0.5) is 0 Å². The van der Waals surface area contributed by atoms with E-state index < -0.39 is 0 Å². The van der Waals surface area contributed by atoms with Crippen LogP contribution in [0.3, 0.4) is 0 Å². The molecular formula is C21H28N4O2. The number of guanidine groups is 1. The molecule has 1 aromatic heterocycles. The molecule has 1 aliphatic carbocycles. The van der Waals surface area contributed by atoms with Gasteiger partial charge >= 0.3 is 0 Å². The number of pyridine rings is 1.